The molecule has 1 amide bonds. The summed E-state index contributed by atoms with van der Waals surface area (Å²) in [5.41, 5.74) is -0.425. The van der Waals surface area contributed by atoms with Crippen LogP contribution in [0, 0.1) is 5.82 Å². The zero-order valence-electron chi connectivity index (χ0n) is 10.6. The van der Waals surface area contributed by atoms with Crippen molar-refractivity contribution in [2.45, 2.75) is 25.3 Å². The molecule has 0 radical (unpaired) electrons. The van der Waals surface area contributed by atoms with Gasteiger partial charge in [-0.2, -0.15) is 0 Å². The second-order valence-corrected chi connectivity index (χ2v) is 7.40. The second-order valence-electron chi connectivity index (χ2n) is 5.22. The molecule has 1 aromatic carbocycles. The average Bonchev–Trinajstić information content (AvgIpc) is 2.56. The maximum Gasteiger partial charge on any atom is 0.224 e. The highest BCUT2D eigenvalue weighted by atomic mass is 32.2. The van der Waals surface area contributed by atoms with Gasteiger partial charge in [-0.25, -0.2) is 12.8 Å². The number of halogens is 1. The quantitative estimate of drug-likeness (QED) is 0.903. The van der Waals surface area contributed by atoms with Crippen LogP contribution in [0.25, 0.3) is 0 Å². The Hall–Kier alpha value is -1.43. The Morgan fingerprint density at radius 2 is 2.11 bits per heavy atom. The van der Waals surface area contributed by atoms with E-state index in [1.54, 1.807) is 25.1 Å². The Morgan fingerprint density at radius 1 is 1.42 bits per heavy atom. The van der Waals surface area contributed by atoms with Gasteiger partial charge in [0.2, 0.25) is 5.91 Å². The van der Waals surface area contributed by atoms with Crippen LogP contribution in [0.2, 0.25) is 0 Å². The van der Waals surface area contributed by atoms with Gasteiger partial charge >= 0.3 is 0 Å². The molecule has 1 aromatic rings. The van der Waals surface area contributed by atoms with Crippen LogP contribution in [0.4, 0.5) is 4.39 Å². The van der Waals surface area contributed by atoms with Crippen molar-refractivity contribution < 1.29 is 17.6 Å². The molecule has 0 saturated carbocycles. The molecule has 2 rings (SSSR count). The van der Waals surface area contributed by atoms with E-state index < -0.39 is 21.2 Å². The van der Waals surface area contributed by atoms with Crippen molar-refractivity contribution in [1.82, 2.24) is 5.32 Å². The topological polar surface area (TPSA) is 63.2 Å². The third kappa shape index (κ3) is 3.53. The summed E-state index contributed by atoms with van der Waals surface area (Å²) in [7, 11) is -3.07. The Bertz CT molecular complexity index is 600. The van der Waals surface area contributed by atoms with Crippen LogP contribution >= 0.6 is 0 Å². The predicted octanol–water partition coefficient (Wildman–Crippen LogP) is 1.06. The zero-order valence-corrected chi connectivity index (χ0v) is 11.5. The first kappa shape index (κ1) is 14.0. The third-order valence-corrected chi connectivity index (χ3v) is 5.16. The summed E-state index contributed by atoms with van der Waals surface area (Å²) in [6, 6.07) is 6.06. The molecule has 1 aliphatic heterocycles. The SMILES string of the molecule is C[C@]1(NC(=O)Cc2ccccc2F)CCS(=O)(=O)C1. The van der Waals surface area contributed by atoms with E-state index in [2.05, 4.69) is 5.32 Å². The molecule has 0 aromatic heterocycles. The van der Waals surface area contributed by atoms with Crippen LogP contribution in [0.3, 0.4) is 0 Å². The van der Waals surface area contributed by atoms with E-state index in [0.717, 1.165) is 0 Å². The lowest BCUT2D eigenvalue weighted by molar-refractivity contribution is -0.122. The minimum absolute atomic E-state index is 0.0526. The third-order valence-electron chi connectivity index (χ3n) is 3.25. The number of nitrogens with one attached hydrogen (secondary N) is 1. The number of sulfone groups is 1. The van der Waals surface area contributed by atoms with Gasteiger partial charge in [-0.3, -0.25) is 4.79 Å². The van der Waals surface area contributed by atoms with E-state index in [1.165, 1.54) is 6.07 Å². The largest absolute Gasteiger partial charge is 0.350 e. The Labute approximate surface area is 111 Å². The lowest BCUT2D eigenvalue weighted by Gasteiger charge is -2.23. The highest BCUT2D eigenvalue weighted by Crippen LogP contribution is 2.23. The fourth-order valence-corrected chi connectivity index (χ4v) is 4.40. The molecule has 0 aliphatic carbocycles. The predicted molar refractivity (Wildman–Crippen MR) is 69.9 cm³/mol. The summed E-state index contributed by atoms with van der Waals surface area (Å²) in [6.45, 7) is 1.71. The number of hydrogen-bond donors (Lipinski definition) is 1. The van der Waals surface area contributed by atoms with E-state index in [0.29, 0.717) is 12.0 Å². The molecule has 0 spiro atoms. The standard InChI is InChI=1S/C13H16FNO3S/c1-13(6-7-19(17,18)9-13)15-12(16)8-10-4-2-3-5-11(10)14/h2-5H,6-9H2,1H3,(H,15,16)/t13-/m0/s1. The monoisotopic (exact) mass is 285 g/mol. The van der Waals surface area contributed by atoms with Crippen LogP contribution in [-0.4, -0.2) is 31.4 Å². The van der Waals surface area contributed by atoms with Gasteiger partial charge in [0.05, 0.1) is 23.5 Å². The van der Waals surface area contributed by atoms with Crippen LogP contribution in [0.1, 0.15) is 18.9 Å². The lowest BCUT2D eigenvalue weighted by atomic mass is 10.0. The molecule has 1 atom stereocenters. The highest BCUT2D eigenvalue weighted by Gasteiger charge is 2.39. The Kier molecular flexibility index (Phi) is 3.62. The van der Waals surface area contributed by atoms with Crippen LogP contribution in [-0.2, 0) is 21.1 Å². The normalized spacial score (nSPS) is 25.2. The minimum Gasteiger partial charge on any atom is -0.350 e. The number of benzene rings is 1. The number of amides is 1. The molecule has 0 unspecified atom stereocenters. The van der Waals surface area contributed by atoms with Crippen molar-refractivity contribution in [2.75, 3.05) is 11.5 Å². The number of carbonyl (C=O) groups is 1. The maximum absolute atomic E-state index is 13.4. The smallest absolute Gasteiger partial charge is 0.224 e. The Balaban J connectivity index is 2.01. The number of hydrogen-bond acceptors (Lipinski definition) is 3. The van der Waals surface area contributed by atoms with Gasteiger partial charge in [0.25, 0.3) is 0 Å². The van der Waals surface area contributed by atoms with Crippen molar-refractivity contribution in [3.8, 4) is 0 Å². The van der Waals surface area contributed by atoms with E-state index >= 15 is 0 Å². The van der Waals surface area contributed by atoms with Crippen LogP contribution in [0.5, 0.6) is 0 Å². The zero-order chi connectivity index (χ0) is 14.1. The first-order valence-corrected chi connectivity index (χ1v) is 7.87. The molecular formula is C13H16FNO3S. The molecule has 104 valence electrons. The van der Waals surface area contributed by atoms with Crippen molar-refractivity contribution in [2.24, 2.45) is 0 Å². The molecule has 1 aliphatic rings. The summed E-state index contributed by atoms with van der Waals surface area (Å²) >= 11 is 0. The van der Waals surface area contributed by atoms with Gasteiger partial charge in [-0.05, 0) is 25.0 Å². The lowest BCUT2D eigenvalue weighted by Crippen LogP contribution is -2.47. The second kappa shape index (κ2) is 4.92. The summed E-state index contributed by atoms with van der Waals surface area (Å²) < 4.78 is 36.3. The summed E-state index contributed by atoms with van der Waals surface area (Å²) in [6.07, 6.45) is 0.320. The van der Waals surface area contributed by atoms with E-state index in [1.807, 2.05) is 0 Å². The maximum atomic E-state index is 13.4. The van der Waals surface area contributed by atoms with Crippen LogP contribution in [0.15, 0.2) is 24.3 Å². The molecule has 1 fully saturated rings. The number of rotatable bonds is 3. The van der Waals surface area contributed by atoms with Crippen molar-refractivity contribution in [1.29, 1.82) is 0 Å². The molecule has 1 saturated heterocycles. The molecule has 1 heterocycles. The summed E-state index contributed by atoms with van der Waals surface area (Å²) in [4.78, 5) is 11.9. The van der Waals surface area contributed by atoms with Gasteiger partial charge in [0, 0.05) is 0 Å². The van der Waals surface area contributed by atoms with Crippen molar-refractivity contribution in [3.63, 3.8) is 0 Å². The molecule has 1 N–H and O–H groups in total. The first-order valence-electron chi connectivity index (χ1n) is 6.05. The van der Waals surface area contributed by atoms with Gasteiger partial charge in [0.15, 0.2) is 9.84 Å². The van der Waals surface area contributed by atoms with Gasteiger partial charge in [-0.1, -0.05) is 18.2 Å². The van der Waals surface area contributed by atoms with Crippen LogP contribution < -0.4 is 5.32 Å². The fraction of sp³-hybridized carbons (Fsp3) is 0.462. The number of carbonyl (C=O) groups excluding carboxylic acids is 1. The first-order chi connectivity index (χ1) is 8.80. The molecule has 6 heteroatoms. The van der Waals surface area contributed by atoms with Crippen molar-refractivity contribution >= 4 is 15.7 Å². The summed E-state index contributed by atoms with van der Waals surface area (Å²) in [5, 5.41) is 2.70. The average molecular weight is 285 g/mol. The van der Waals surface area contributed by atoms with Gasteiger partial charge < -0.3 is 5.32 Å². The van der Waals surface area contributed by atoms with Gasteiger partial charge in [-0.15, -0.1) is 0 Å². The van der Waals surface area contributed by atoms with E-state index in [9.17, 15) is 17.6 Å². The van der Waals surface area contributed by atoms with E-state index in [-0.39, 0.29) is 23.8 Å². The molecule has 0 bridgehead atoms. The Morgan fingerprint density at radius 3 is 2.68 bits per heavy atom. The molecule has 19 heavy (non-hydrogen) atoms. The van der Waals surface area contributed by atoms with Crippen molar-refractivity contribution in [3.05, 3.63) is 35.6 Å². The fourth-order valence-electron chi connectivity index (χ4n) is 2.30. The molecule has 4 nitrogen and oxygen atoms in total. The van der Waals surface area contributed by atoms with Gasteiger partial charge in [0.1, 0.15) is 5.82 Å². The highest BCUT2D eigenvalue weighted by molar-refractivity contribution is 7.91. The minimum atomic E-state index is -3.07. The van der Waals surface area contributed by atoms with E-state index in [4.69, 9.17) is 0 Å². The summed E-state index contributed by atoms with van der Waals surface area (Å²) in [5.74, 6) is -0.751. The molecular weight excluding hydrogens is 269 g/mol.